The molecular formula is C29H48O4. The zero-order valence-corrected chi connectivity index (χ0v) is 21.8. The average molecular weight is 461 g/mol. The lowest BCUT2D eigenvalue weighted by Gasteiger charge is -2.60. The van der Waals surface area contributed by atoms with E-state index in [4.69, 9.17) is 0 Å². The minimum atomic E-state index is -0.913. The third-order valence-electron chi connectivity index (χ3n) is 11.3. The predicted molar refractivity (Wildman–Crippen MR) is 131 cm³/mol. The van der Waals surface area contributed by atoms with Gasteiger partial charge in [-0.05, 0) is 96.4 Å². The summed E-state index contributed by atoms with van der Waals surface area (Å²) in [6.07, 6.45) is 5.53. The monoisotopic (exact) mass is 460 g/mol. The summed E-state index contributed by atoms with van der Waals surface area (Å²) in [5, 5.41) is 32.4. The summed E-state index contributed by atoms with van der Waals surface area (Å²) in [5.41, 5.74) is 0.580. The first-order chi connectivity index (χ1) is 15.2. The molecule has 0 aliphatic heterocycles. The van der Waals surface area contributed by atoms with E-state index in [1.54, 1.807) is 0 Å². The van der Waals surface area contributed by atoms with Gasteiger partial charge >= 0.3 is 0 Å². The molecule has 4 fully saturated rings. The normalized spacial score (nSPS) is 46.0. The van der Waals surface area contributed by atoms with Crippen LogP contribution in [0.15, 0.2) is 12.2 Å². The Morgan fingerprint density at radius 1 is 1.03 bits per heavy atom. The molecular weight excluding hydrogens is 412 g/mol. The third kappa shape index (κ3) is 3.96. The summed E-state index contributed by atoms with van der Waals surface area (Å²) in [5.74, 6) is 2.24. The van der Waals surface area contributed by atoms with Crippen LogP contribution in [-0.4, -0.2) is 39.4 Å². The van der Waals surface area contributed by atoms with E-state index in [1.807, 2.05) is 20.8 Å². The molecule has 4 rings (SSSR count). The van der Waals surface area contributed by atoms with Crippen molar-refractivity contribution in [3.05, 3.63) is 12.2 Å². The molecule has 4 nitrogen and oxygen atoms in total. The molecule has 4 aliphatic carbocycles. The molecule has 4 unspecified atom stereocenters. The second-order valence-corrected chi connectivity index (χ2v) is 13.8. The van der Waals surface area contributed by atoms with Crippen molar-refractivity contribution >= 4 is 5.78 Å². The third-order valence-corrected chi connectivity index (χ3v) is 11.3. The lowest BCUT2D eigenvalue weighted by molar-refractivity contribution is -0.161. The Morgan fingerprint density at radius 2 is 1.64 bits per heavy atom. The number of hydrogen-bond acceptors (Lipinski definition) is 4. The highest BCUT2D eigenvalue weighted by atomic mass is 16.3. The number of carbonyl (C=O) groups excluding carboxylic acids is 1. The number of aliphatic hydroxyl groups is 3. The van der Waals surface area contributed by atoms with Crippen LogP contribution < -0.4 is 0 Å². The van der Waals surface area contributed by atoms with E-state index in [1.165, 1.54) is 0 Å². The smallest absolute Gasteiger partial charge is 0.136 e. The first kappa shape index (κ1) is 25.4. The zero-order chi connectivity index (χ0) is 24.5. The topological polar surface area (TPSA) is 77.8 Å². The van der Waals surface area contributed by atoms with Crippen LogP contribution >= 0.6 is 0 Å². The molecule has 0 spiro atoms. The second-order valence-electron chi connectivity index (χ2n) is 13.8. The van der Waals surface area contributed by atoms with Gasteiger partial charge in [-0.25, -0.2) is 0 Å². The van der Waals surface area contributed by atoms with Crippen molar-refractivity contribution in [1.29, 1.82) is 0 Å². The van der Waals surface area contributed by atoms with Gasteiger partial charge in [0.15, 0.2) is 0 Å². The number of rotatable bonds is 4. The van der Waals surface area contributed by atoms with Gasteiger partial charge in [0.2, 0.25) is 0 Å². The molecule has 4 heteroatoms. The van der Waals surface area contributed by atoms with Crippen LogP contribution in [0.25, 0.3) is 0 Å². The summed E-state index contributed by atoms with van der Waals surface area (Å²) in [4.78, 5) is 13.3. The van der Waals surface area contributed by atoms with Crippen molar-refractivity contribution in [3.63, 3.8) is 0 Å². The Hall–Kier alpha value is -0.710. The minimum Gasteiger partial charge on any atom is -0.393 e. The largest absolute Gasteiger partial charge is 0.393 e. The van der Waals surface area contributed by atoms with Gasteiger partial charge < -0.3 is 15.3 Å². The summed E-state index contributed by atoms with van der Waals surface area (Å²) >= 11 is 0. The maximum Gasteiger partial charge on any atom is 0.136 e. The number of fused-ring (bicyclic) bond motifs is 5. The van der Waals surface area contributed by atoms with E-state index in [9.17, 15) is 20.1 Å². The van der Waals surface area contributed by atoms with Gasteiger partial charge in [0.25, 0.3) is 0 Å². The Balaban J connectivity index is 1.55. The average Bonchev–Trinajstić information content (AvgIpc) is 3.09. The molecule has 0 heterocycles. The Kier molecular flexibility index (Phi) is 6.50. The van der Waals surface area contributed by atoms with Crippen LogP contribution in [0.4, 0.5) is 0 Å². The summed E-state index contributed by atoms with van der Waals surface area (Å²) < 4.78 is 0. The van der Waals surface area contributed by atoms with Gasteiger partial charge in [0.05, 0.1) is 12.2 Å². The fourth-order valence-electron chi connectivity index (χ4n) is 9.10. The number of hydrogen-bond donors (Lipinski definition) is 3. The molecule has 0 saturated heterocycles. The number of aliphatic hydroxyl groups excluding tert-OH is 3. The van der Waals surface area contributed by atoms with Gasteiger partial charge in [0.1, 0.15) is 11.9 Å². The molecule has 0 aromatic heterocycles. The molecule has 11 atom stereocenters. The fraction of sp³-hybridized carbons (Fsp3) is 0.897. The fourth-order valence-corrected chi connectivity index (χ4v) is 9.10. The highest BCUT2D eigenvalue weighted by molar-refractivity contribution is 5.83. The van der Waals surface area contributed by atoms with Crippen molar-refractivity contribution in [2.24, 2.45) is 51.8 Å². The van der Waals surface area contributed by atoms with Gasteiger partial charge in [-0.3, -0.25) is 4.79 Å². The quantitative estimate of drug-likeness (QED) is 0.507. The Bertz CT molecular complexity index is 783. The summed E-state index contributed by atoms with van der Waals surface area (Å²) in [7, 11) is 0. The van der Waals surface area contributed by atoms with Gasteiger partial charge in [-0.2, -0.15) is 0 Å². The van der Waals surface area contributed by atoms with E-state index in [0.717, 1.165) is 38.5 Å². The molecule has 0 bridgehead atoms. The van der Waals surface area contributed by atoms with Crippen LogP contribution in [0, 0.1) is 51.8 Å². The second kappa shape index (κ2) is 8.45. The number of carbonyl (C=O) groups is 1. The molecule has 4 aliphatic rings. The standard InChI is InChI=1S/C29H48O4/c1-16(25(32)26(33)17(2)27(3,4)5)20-8-9-21-19-15-24(31)23-14-18(30)10-12-29(23,7)22(19)11-13-28(20,21)6/h16,18-23,25-26,30,32-33H,2,8-15H2,1,3-7H3/t16-,18-,19?,20+,21?,22?,23?,25+,26+,28+,29+/m0/s1. The molecule has 4 saturated carbocycles. The molecule has 0 radical (unpaired) electrons. The molecule has 188 valence electrons. The van der Waals surface area contributed by atoms with Crippen molar-refractivity contribution in [3.8, 4) is 0 Å². The van der Waals surface area contributed by atoms with Crippen molar-refractivity contribution < 1.29 is 20.1 Å². The highest BCUT2D eigenvalue weighted by Gasteiger charge is 2.63. The van der Waals surface area contributed by atoms with Crippen molar-refractivity contribution in [1.82, 2.24) is 0 Å². The van der Waals surface area contributed by atoms with Gasteiger partial charge in [-0.1, -0.05) is 48.1 Å². The molecule has 33 heavy (non-hydrogen) atoms. The first-order valence-electron chi connectivity index (χ1n) is 13.5. The number of Topliss-reactive ketones (excluding diaryl/α,β-unsaturated/α-hetero) is 1. The lowest BCUT2D eigenvalue weighted by Crippen LogP contribution is -2.57. The van der Waals surface area contributed by atoms with Crippen LogP contribution in [0.1, 0.15) is 92.9 Å². The van der Waals surface area contributed by atoms with E-state index in [2.05, 4.69) is 27.4 Å². The van der Waals surface area contributed by atoms with Crippen molar-refractivity contribution in [2.45, 2.75) is 111 Å². The highest BCUT2D eigenvalue weighted by Crippen LogP contribution is 2.67. The molecule has 0 amide bonds. The maximum atomic E-state index is 13.3. The summed E-state index contributed by atoms with van der Waals surface area (Å²) in [6.45, 7) is 17.1. The van der Waals surface area contributed by atoms with E-state index in [-0.39, 0.29) is 34.2 Å². The van der Waals surface area contributed by atoms with E-state index < -0.39 is 12.2 Å². The Morgan fingerprint density at radius 3 is 2.27 bits per heavy atom. The van der Waals surface area contributed by atoms with Crippen LogP contribution in [-0.2, 0) is 4.79 Å². The van der Waals surface area contributed by atoms with Crippen LogP contribution in [0.2, 0.25) is 0 Å². The SMILES string of the molecule is C=C([C@@H](O)[C@H](O)[C@@H](C)[C@H]1CCC2C3CC(=O)C4C[C@@H](O)CC[C@]4(C)C3CC[C@@]21C)C(C)(C)C. The van der Waals surface area contributed by atoms with E-state index in [0.29, 0.717) is 47.9 Å². The summed E-state index contributed by atoms with van der Waals surface area (Å²) in [6, 6.07) is 0. The van der Waals surface area contributed by atoms with Gasteiger partial charge in [0, 0.05) is 12.3 Å². The minimum absolute atomic E-state index is 0.0156. The maximum absolute atomic E-state index is 13.3. The van der Waals surface area contributed by atoms with Crippen molar-refractivity contribution in [2.75, 3.05) is 0 Å². The molecule has 0 aromatic carbocycles. The lowest BCUT2D eigenvalue weighted by atomic mass is 9.44. The molecule has 0 aromatic rings. The van der Waals surface area contributed by atoms with Crippen LogP contribution in [0.5, 0.6) is 0 Å². The zero-order valence-electron chi connectivity index (χ0n) is 21.8. The number of ketones is 1. The Labute approximate surface area is 201 Å². The van der Waals surface area contributed by atoms with Crippen LogP contribution in [0.3, 0.4) is 0 Å². The first-order valence-corrected chi connectivity index (χ1v) is 13.5. The van der Waals surface area contributed by atoms with E-state index >= 15 is 0 Å². The molecule has 3 N–H and O–H groups in total. The van der Waals surface area contributed by atoms with Gasteiger partial charge in [-0.15, -0.1) is 0 Å². The predicted octanol–water partition coefficient (Wildman–Crippen LogP) is 5.15.